The van der Waals surface area contributed by atoms with Gasteiger partial charge < -0.3 is 9.73 Å². The van der Waals surface area contributed by atoms with E-state index in [0.29, 0.717) is 16.3 Å². The normalized spacial score (nSPS) is 11.1. The van der Waals surface area contributed by atoms with Crippen LogP contribution in [0.4, 0.5) is 5.69 Å². The predicted octanol–water partition coefficient (Wildman–Crippen LogP) is 3.66. The van der Waals surface area contributed by atoms with E-state index < -0.39 is 10.0 Å². The van der Waals surface area contributed by atoms with Crippen molar-refractivity contribution >= 4 is 33.2 Å². The molecule has 1 heterocycles. The summed E-state index contributed by atoms with van der Waals surface area (Å²) in [4.78, 5) is 12.3. The number of carbonyl (C=O) groups is 1. The molecular formula is C18H15ClN2O4S. The minimum absolute atomic E-state index is 0.0783. The van der Waals surface area contributed by atoms with Gasteiger partial charge in [-0.2, -0.15) is 0 Å². The number of furan rings is 1. The summed E-state index contributed by atoms with van der Waals surface area (Å²) in [6.07, 6.45) is 1.52. The van der Waals surface area contributed by atoms with Crippen LogP contribution in [0.3, 0.4) is 0 Å². The number of halogens is 1. The molecule has 0 unspecified atom stereocenters. The van der Waals surface area contributed by atoms with Crippen LogP contribution in [0.15, 0.2) is 76.2 Å². The lowest BCUT2D eigenvalue weighted by atomic mass is 10.2. The molecule has 0 fully saturated rings. The molecule has 2 N–H and O–H groups in total. The van der Waals surface area contributed by atoms with Crippen molar-refractivity contribution in [3.63, 3.8) is 0 Å². The molecule has 3 rings (SSSR count). The van der Waals surface area contributed by atoms with E-state index in [2.05, 4.69) is 10.0 Å². The number of nitrogens with one attached hydrogen (secondary N) is 2. The Hall–Kier alpha value is -2.77. The van der Waals surface area contributed by atoms with Crippen molar-refractivity contribution in [1.82, 2.24) is 5.32 Å². The van der Waals surface area contributed by atoms with E-state index in [4.69, 9.17) is 16.0 Å². The molecule has 0 atom stereocenters. The first-order valence-electron chi connectivity index (χ1n) is 7.63. The van der Waals surface area contributed by atoms with Gasteiger partial charge in [0.1, 0.15) is 5.76 Å². The first-order chi connectivity index (χ1) is 12.4. The molecule has 0 radical (unpaired) electrons. The van der Waals surface area contributed by atoms with Crippen molar-refractivity contribution in [2.24, 2.45) is 0 Å². The maximum absolute atomic E-state index is 12.4. The van der Waals surface area contributed by atoms with E-state index in [1.807, 2.05) is 0 Å². The molecule has 3 aromatic rings. The van der Waals surface area contributed by atoms with Gasteiger partial charge in [-0.05, 0) is 54.6 Å². The van der Waals surface area contributed by atoms with E-state index in [0.717, 1.165) is 0 Å². The van der Waals surface area contributed by atoms with Crippen molar-refractivity contribution in [2.45, 2.75) is 11.4 Å². The number of benzene rings is 2. The predicted molar refractivity (Wildman–Crippen MR) is 98.6 cm³/mol. The summed E-state index contributed by atoms with van der Waals surface area (Å²) >= 11 is 5.78. The molecule has 8 heteroatoms. The SMILES string of the molecule is O=C(NCc1ccco1)c1cccc(NS(=O)(=O)c2ccc(Cl)cc2)c1. The molecule has 2 aromatic carbocycles. The zero-order chi connectivity index (χ0) is 18.6. The van der Waals surface area contributed by atoms with Gasteiger partial charge in [-0.25, -0.2) is 8.42 Å². The Balaban J connectivity index is 1.72. The minimum Gasteiger partial charge on any atom is -0.467 e. The Morgan fingerprint density at radius 3 is 2.50 bits per heavy atom. The van der Waals surface area contributed by atoms with E-state index in [9.17, 15) is 13.2 Å². The maximum Gasteiger partial charge on any atom is 0.261 e. The Bertz CT molecular complexity index is 1000. The number of anilines is 1. The minimum atomic E-state index is -3.78. The van der Waals surface area contributed by atoms with Gasteiger partial charge in [0.25, 0.3) is 15.9 Å². The molecule has 0 aliphatic carbocycles. The number of rotatable bonds is 6. The lowest BCUT2D eigenvalue weighted by molar-refractivity contribution is 0.0948. The van der Waals surface area contributed by atoms with E-state index in [1.54, 1.807) is 30.3 Å². The van der Waals surface area contributed by atoms with Crippen molar-refractivity contribution < 1.29 is 17.6 Å². The van der Waals surface area contributed by atoms with Crippen molar-refractivity contribution in [3.8, 4) is 0 Å². The second kappa shape index (κ2) is 7.63. The quantitative estimate of drug-likeness (QED) is 0.672. The zero-order valence-corrected chi connectivity index (χ0v) is 15.0. The highest BCUT2D eigenvalue weighted by atomic mass is 35.5. The van der Waals surface area contributed by atoms with Crippen LogP contribution in [0.2, 0.25) is 5.02 Å². The highest BCUT2D eigenvalue weighted by Gasteiger charge is 2.15. The molecule has 26 heavy (non-hydrogen) atoms. The fourth-order valence-corrected chi connectivity index (χ4v) is 3.41. The smallest absolute Gasteiger partial charge is 0.261 e. The van der Waals surface area contributed by atoms with Gasteiger partial charge >= 0.3 is 0 Å². The summed E-state index contributed by atoms with van der Waals surface area (Å²) in [6.45, 7) is 0.243. The van der Waals surface area contributed by atoms with Crippen molar-refractivity contribution in [3.05, 3.63) is 83.3 Å². The van der Waals surface area contributed by atoms with Gasteiger partial charge in [0.05, 0.1) is 17.7 Å². The highest BCUT2D eigenvalue weighted by Crippen LogP contribution is 2.19. The molecular weight excluding hydrogens is 376 g/mol. The molecule has 0 aliphatic heterocycles. The molecule has 6 nitrogen and oxygen atoms in total. The third-order valence-corrected chi connectivity index (χ3v) is 5.15. The van der Waals surface area contributed by atoms with Crippen molar-refractivity contribution in [2.75, 3.05) is 4.72 Å². The average Bonchev–Trinajstić information content (AvgIpc) is 3.13. The molecule has 0 bridgehead atoms. The van der Waals surface area contributed by atoms with Gasteiger partial charge in [-0.3, -0.25) is 9.52 Å². The fraction of sp³-hybridized carbons (Fsp3) is 0.0556. The summed E-state index contributed by atoms with van der Waals surface area (Å²) < 4.78 is 32.4. The molecule has 134 valence electrons. The molecule has 0 spiro atoms. The van der Waals surface area contributed by atoms with Crippen LogP contribution < -0.4 is 10.0 Å². The monoisotopic (exact) mass is 390 g/mol. The van der Waals surface area contributed by atoms with Gasteiger partial charge in [0, 0.05) is 16.3 Å². The van der Waals surface area contributed by atoms with E-state index in [-0.39, 0.29) is 23.0 Å². The number of sulfonamides is 1. The van der Waals surface area contributed by atoms with Crippen LogP contribution in [0, 0.1) is 0 Å². The Morgan fingerprint density at radius 1 is 1.04 bits per heavy atom. The average molecular weight is 391 g/mol. The maximum atomic E-state index is 12.4. The standard InChI is InChI=1S/C18H15ClN2O4S/c19-14-6-8-17(9-7-14)26(23,24)21-15-4-1-3-13(11-15)18(22)20-12-16-5-2-10-25-16/h1-11,21H,12H2,(H,20,22). The second-order valence-electron chi connectivity index (χ2n) is 5.40. The third kappa shape index (κ3) is 4.44. The van der Waals surface area contributed by atoms with Gasteiger partial charge in [0.2, 0.25) is 0 Å². The first kappa shape index (κ1) is 18.0. The Kier molecular flexibility index (Phi) is 5.29. The highest BCUT2D eigenvalue weighted by molar-refractivity contribution is 7.92. The van der Waals surface area contributed by atoms with Gasteiger partial charge in [0.15, 0.2) is 0 Å². The van der Waals surface area contributed by atoms with Gasteiger partial charge in [-0.15, -0.1) is 0 Å². The lowest BCUT2D eigenvalue weighted by Gasteiger charge is -2.10. The van der Waals surface area contributed by atoms with Crippen LogP contribution in [-0.2, 0) is 16.6 Å². The largest absolute Gasteiger partial charge is 0.467 e. The van der Waals surface area contributed by atoms with Gasteiger partial charge in [-0.1, -0.05) is 17.7 Å². The molecule has 0 saturated heterocycles. The number of hydrogen-bond donors (Lipinski definition) is 2. The zero-order valence-electron chi connectivity index (χ0n) is 13.5. The fourth-order valence-electron chi connectivity index (χ4n) is 2.23. The summed E-state index contributed by atoms with van der Waals surface area (Å²) in [6, 6.07) is 15.5. The number of amides is 1. The summed E-state index contributed by atoms with van der Waals surface area (Å²) in [5.41, 5.74) is 0.610. The van der Waals surface area contributed by atoms with Crippen LogP contribution in [0.25, 0.3) is 0 Å². The second-order valence-corrected chi connectivity index (χ2v) is 7.52. The first-order valence-corrected chi connectivity index (χ1v) is 9.49. The third-order valence-electron chi connectivity index (χ3n) is 3.50. The number of hydrogen-bond acceptors (Lipinski definition) is 4. The van der Waals surface area contributed by atoms with Crippen LogP contribution >= 0.6 is 11.6 Å². The summed E-state index contributed by atoms with van der Waals surface area (Å²) in [5.74, 6) is 0.284. The number of carbonyl (C=O) groups excluding carboxylic acids is 1. The van der Waals surface area contributed by atoms with Crippen LogP contribution in [0.1, 0.15) is 16.1 Å². The summed E-state index contributed by atoms with van der Waals surface area (Å²) in [7, 11) is -3.78. The van der Waals surface area contributed by atoms with E-state index in [1.165, 1.54) is 36.6 Å². The topological polar surface area (TPSA) is 88.4 Å². The molecule has 1 aromatic heterocycles. The lowest BCUT2D eigenvalue weighted by Crippen LogP contribution is -2.22. The molecule has 0 aliphatic rings. The molecule has 0 saturated carbocycles. The van der Waals surface area contributed by atoms with Crippen LogP contribution in [0.5, 0.6) is 0 Å². The Morgan fingerprint density at radius 2 is 1.81 bits per heavy atom. The Labute approximate surface area is 155 Å². The van der Waals surface area contributed by atoms with Crippen molar-refractivity contribution in [1.29, 1.82) is 0 Å². The molecule has 1 amide bonds. The van der Waals surface area contributed by atoms with Crippen LogP contribution in [-0.4, -0.2) is 14.3 Å². The van der Waals surface area contributed by atoms with E-state index >= 15 is 0 Å². The summed E-state index contributed by atoms with van der Waals surface area (Å²) in [5, 5.41) is 3.15.